The molecular formula is C22H26ClFN3O2+. The van der Waals surface area contributed by atoms with Gasteiger partial charge in [0.1, 0.15) is 12.4 Å². The summed E-state index contributed by atoms with van der Waals surface area (Å²) >= 11 is 6.07. The van der Waals surface area contributed by atoms with Crippen molar-refractivity contribution >= 4 is 29.1 Å². The molecule has 3 rings (SSSR count). The monoisotopic (exact) mass is 418 g/mol. The number of quaternary nitrogens is 1. The summed E-state index contributed by atoms with van der Waals surface area (Å²) in [5.74, 6) is -0.811. The van der Waals surface area contributed by atoms with Crippen molar-refractivity contribution in [3.05, 3.63) is 64.4 Å². The normalized spacial score (nSPS) is 15.1. The molecule has 0 heterocycles. The van der Waals surface area contributed by atoms with Crippen molar-refractivity contribution < 1.29 is 18.9 Å². The van der Waals surface area contributed by atoms with Gasteiger partial charge in [0.15, 0.2) is 6.54 Å². The quantitative estimate of drug-likeness (QED) is 0.647. The van der Waals surface area contributed by atoms with Gasteiger partial charge in [-0.3, -0.25) is 9.59 Å². The molecule has 1 saturated carbocycles. The molecule has 7 heteroatoms. The average molecular weight is 419 g/mol. The second-order valence-corrected chi connectivity index (χ2v) is 7.97. The summed E-state index contributed by atoms with van der Waals surface area (Å²) in [6.07, 6.45) is 4.25. The summed E-state index contributed by atoms with van der Waals surface area (Å²) in [6, 6.07) is 11.7. The lowest BCUT2D eigenvalue weighted by Crippen LogP contribution is -3.08. The number of rotatable bonds is 7. The third kappa shape index (κ3) is 5.78. The standard InChI is InChI=1S/C22H25ClFN3O2/c1-27(13-17-18(23)10-6-11-19(17)24)14-21(28)26-20-12-5-4-9-16(20)22(29)25-15-7-2-3-8-15/h4-6,9-12,15H,2-3,7-8,13-14H2,1H3,(H,25,29)(H,26,28)/p+1. The lowest BCUT2D eigenvalue weighted by atomic mass is 10.1. The van der Waals surface area contributed by atoms with Crippen LogP contribution in [-0.4, -0.2) is 31.4 Å². The summed E-state index contributed by atoms with van der Waals surface area (Å²) < 4.78 is 14.0. The Hall–Kier alpha value is -2.44. The number of hydrogen-bond acceptors (Lipinski definition) is 2. The molecule has 0 aliphatic heterocycles. The largest absolute Gasteiger partial charge is 0.349 e. The summed E-state index contributed by atoms with van der Waals surface area (Å²) in [4.78, 5) is 25.9. The number of benzene rings is 2. The number of likely N-dealkylation sites (N-methyl/N-ethyl adjacent to an activating group) is 1. The van der Waals surface area contributed by atoms with Crippen molar-refractivity contribution in [3.63, 3.8) is 0 Å². The van der Waals surface area contributed by atoms with Gasteiger partial charge in [-0.05, 0) is 37.1 Å². The van der Waals surface area contributed by atoms with Crippen molar-refractivity contribution in [1.29, 1.82) is 0 Å². The molecule has 1 aliphatic rings. The van der Waals surface area contributed by atoms with Gasteiger partial charge < -0.3 is 15.5 Å². The van der Waals surface area contributed by atoms with Crippen molar-refractivity contribution in [2.75, 3.05) is 18.9 Å². The van der Waals surface area contributed by atoms with Crippen LogP contribution in [0.25, 0.3) is 0 Å². The number of anilines is 1. The minimum atomic E-state index is -0.383. The first kappa shape index (κ1) is 21.3. The summed E-state index contributed by atoms with van der Waals surface area (Å²) in [5.41, 5.74) is 1.31. The Balaban J connectivity index is 1.61. The van der Waals surface area contributed by atoms with Crippen LogP contribution in [0.4, 0.5) is 10.1 Å². The molecule has 1 unspecified atom stereocenters. The van der Waals surface area contributed by atoms with E-state index in [-0.39, 0.29) is 36.8 Å². The van der Waals surface area contributed by atoms with Gasteiger partial charge in [0.2, 0.25) is 0 Å². The lowest BCUT2D eigenvalue weighted by Gasteiger charge is -2.17. The number of halogens is 2. The maximum Gasteiger partial charge on any atom is 0.279 e. The van der Waals surface area contributed by atoms with Gasteiger partial charge in [-0.25, -0.2) is 4.39 Å². The second-order valence-electron chi connectivity index (χ2n) is 7.56. The highest BCUT2D eigenvalue weighted by Crippen LogP contribution is 2.20. The van der Waals surface area contributed by atoms with Gasteiger partial charge in [-0.2, -0.15) is 0 Å². The van der Waals surface area contributed by atoms with Crippen LogP contribution in [0.2, 0.25) is 5.02 Å². The number of para-hydroxylation sites is 1. The summed E-state index contributed by atoms with van der Waals surface area (Å²) in [7, 11) is 1.79. The Bertz CT molecular complexity index is 864. The molecule has 154 valence electrons. The first-order valence-corrected chi connectivity index (χ1v) is 10.3. The van der Waals surface area contributed by atoms with Gasteiger partial charge in [-0.1, -0.05) is 42.6 Å². The van der Waals surface area contributed by atoms with Crippen LogP contribution in [0.15, 0.2) is 42.5 Å². The van der Waals surface area contributed by atoms with Crippen molar-refractivity contribution in [1.82, 2.24) is 5.32 Å². The van der Waals surface area contributed by atoms with E-state index in [1.807, 2.05) is 0 Å². The van der Waals surface area contributed by atoms with E-state index >= 15 is 0 Å². The van der Waals surface area contributed by atoms with Crippen molar-refractivity contribution in [2.24, 2.45) is 0 Å². The minimum absolute atomic E-state index is 0.114. The van der Waals surface area contributed by atoms with Crippen LogP contribution >= 0.6 is 11.6 Å². The predicted molar refractivity (Wildman–Crippen MR) is 112 cm³/mol. The zero-order valence-electron chi connectivity index (χ0n) is 16.4. The Kier molecular flexibility index (Phi) is 7.23. The highest BCUT2D eigenvalue weighted by atomic mass is 35.5. The van der Waals surface area contributed by atoms with Gasteiger partial charge in [-0.15, -0.1) is 0 Å². The number of nitrogens with one attached hydrogen (secondary N) is 3. The molecule has 3 N–H and O–H groups in total. The van der Waals surface area contributed by atoms with Crippen LogP contribution in [0.5, 0.6) is 0 Å². The molecule has 2 amide bonds. The molecule has 0 aromatic heterocycles. The third-order valence-electron chi connectivity index (χ3n) is 5.14. The topological polar surface area (TPSA) is 62.6 Å². The van der Waals surface area contributed by atoms with Gasteiger partial charge in [0, 0.05) is 6.04 Å². The fourth-order valence-corrected chi connectivity index (χ4v) is 3.89. The number of amides is 2. The van der Waals surface area contributed by atoms with E-state index in [1.165, 1.54) is 6.07 Å². The molecule has 0 spiro atoms. The summed E-state index contributed by atoms with van der Waals surface area (Å²) in [6.45, 7) is 0.395. The van der Waals surface area contributed by atoms with E-state index in [0.717, 1.165) is 30.6 Å². The number of carbonyl (C=O) groups excluding carboxylic acids is 2. The Morgan fingerprint density at radius 1 is 1.14 bits per heavy atom. The fourth-order valence-electron chi connectivity index (χ4n) is 3.66. The van der Waals surface area contributed by atoms with Crippen LogP contribution in [0, 0.1) is 5.82 Å². The summed E-state index contributed by atoms with van der Waals surface area (Å²) in [5, 5.41) is 6.20. The van der Waals surface area contributed by atoms with E-state index in [4.69, 9.17) is 11.6 Å². The van der Waals surface area contributed by atoms with Crippen molar-refractivity contribution in [3.8, 4) is 0 Å². The molecule has 0 radical (unpaired) electrons. The molecule has 2 aromatic carbocycles. The Labute approximate surface area is 175 Å². The molecule has 1 atom stereocenters. The van der Waals surface area contributed by atoms with Crippen molar-refractivity contribution in [2.45, 2.75) is 38.3 Å². The van der Waals surface area contributed by atoms with Crippen LogP contribution in [-0.2, 0) is 11.3 Å². The predicted octanol–water partition coefficient (Wildman–Crippen LogP) is 2.80. The molecule has 1 fully saturated rings. The van der Waals surface area contributed by atoms with Gasteiger partial charge in [0.05, 0.1) is 28.9 Å². The first-order valence-electron chi connectivity index (χ1n) is 9.88. The second kappa shape index (κ2) is 9.85. The zero-order chi connectivity index (χ0) is 20.8. The molecule has 5 nitrogen and oxygen atoms in total. The molecule has 0 saturated heterocycles. The highest BCUT2D eigenvalue weighted by Gasteiger charge is 2.21. The van der Waals surface area contributed by atoms with Gasteiger partial charge >= 0.3 is 0 Å². The first-order chi connectivity index (χ1) is 13.9. The van der Waals surface area contributed by atoms with Gasteiger partial charge in [0.25, 0.3) is 11.8 Å². The number of carbonyl (C=O) groups is 2. The molecule has 2 aromatic rings. The molecule has 1 aliphatic carbocycles. The van der Waals surface area contributed by atoms with Crippen LogP contribution in [0.3, 0.4) is 0 Å². The highest BCUT2D eigenvalue weighted by molar-refractivity contribution is 6.31. The van der Waals surface area contributed by atoms with E-state index in [0.29, 0.717) is 21.8 Å². The van der Waals surface area contributed by atoms with E-state index in [9.17, 15) is 14.0 Å². The smallest absolute Gasteiger partial charge is 0.279 e. The van der Waals surface area contributed by atoms with Crippen LogP contribution < -0.4 is 15.5 Å². The fraction of sp³-hybridized carbons (Fsp3) is 0.364. The van der Waals surface area contributed by atoms with E-state index in [2.05, 4.69) is 10.6 Å². The van der Waals surface area contributed by atoms with Crippen LogP contribution in [0.1, 0.15) is 41.6 Å². The van der Waals surface area contributed by atoms with E-state index in [1.54, 1.807) is 43.4 Å². The molecular weight excluding hydrogens is 393 g/mol. The maximum atomic E-state index is 14.0. The third-order valence-corrected chi connectivity index (χ3v) is 5.49. The number of hydrogen-bond donors (Lipinski definition) is 3. The molecule has 29 heavy (non-hydrogen) atoms. The zero-order valence-corrected chi connectivity index (χ0v) is 17.2. The SMILES string of the molecule is C[NH+](CC(=O)Nc1ccccc1C(=O)NC1CCCC1)Cc1c(F)cccc1Cl. The van der Waals surface area contributed by atoms with E-state index < -0.39 is 0 Å². The minimum Gasteiger partial charge on any atom is -0.349 e. The average Bonchev–Trinajstić information content (AvgIpc) is 3.18. The Morgan fingerprint density at radius 2 is 1.86 bits per heavy atom. The molecule has 0 bridgehead atoms. The lowest BCUT2D eigenvalue weighted by molar-refractivity contribution is -0.885. The maximum absolute atomic E-state index is 14.0. The Morgan fingerprint density at radius 3 is 2.59 bits per heavy atom.